The van der Waals surface area contributed by atoms with Gasteiger partial charge in [-0.25, -0.2) is 13.1 Å². The number of nitrogens with zero attached hydrogens (tertiary/aromatic N) is 1. The van der Waals surface area contributed by atoms with Gasteiger partial charge in [0.2, 0.25) is 10.0 Å². The average Bonchev–Trinajstić information content (AvgIpc) is 2.62. The second-order valence-electron chi connectivity index (χ2n) is 6.26. The molecular weight excluding hydrogens is 348 g/mol. The number of hydrogen-bond donors (Lipinski definition) is 1. The second-order valence-corrected chi connectivity index (χ2v) is 8.09. The van der Waals surface area contributed by atoms with Crippen LogP contribution in [0.25, 0.3) is 0 Å². The van der Waals surface area contributed by atoms with E-state index in [0.29, 0.717) is 25.1 Å². The van der Waals surface area contributed by atoms with Crippen LogP contribution in [0.2, 0.25) is 0 Å². The molecule has 1 amide bonds. The third kappa shape index (κ3) is 6.28. The summed E-state index contributed by atoms with van der Waals surface area (Å²) in [6.45, 7) is 3.13. The molecule has 0 unspecified atom stereocenters. The van der Waals surface area contributed by atoms with Crippen molar-refractivity contribution in [2.24, 2.45) is 0 Å². The number of carbonyl (C=O) groups is 1. The zero-order chi connectivity index (χ0) is 19.0. The summed E-state index contributed by atoms with van der Waals surface area (Å²) in [6.07, 6.45) is 3.68. The van der Waals surface area contributed by atoms with Crippen LogP contribution in [0.3, 0.4) is 0 Å². The Morgan fingerprint density at radius 2 is 1.69 bits per heavy atom. The summed E-state index contributed by atoms with van der Waals surface area (Å²) >= 11 is 0. The maximum atomic E-state index is 12.9. The van der Waals surface area contributed by atoms with Crippen LogP contribution in [0.5, 0.6) is 0 Å². The summed E-state index contributed by atoms with van der Waals surface area (Å²) < 4.78 is 24.7. The molecule has 0 aromatic heterocycles. The van der Waals surface area contributed by atoms with E-state index in [0.717, 1.165) is 30.3 Å². The monoisotopic (exact) mass is 374 g/mol. The Morgan fingerprint density at radius 3 is 2.27 bits per heavy atom. The van der Waals surface area contributed by atoms with Crippen LogP contribution >= 0.6 is 0 Å². The first-order valence-electron chi connectivity index (χ1n) is 8.81. The van der Waals surface area contributed by atoms with Crippen molar-refractivity contribution in [3.05, 3.63) is 65.7 Å². The van der Waals surface area contributed by atoms with Crippen molar-refractivity contribution in [3.8, 4) is 0 Å². The van der Waals surface area contributed by atoms with Crippen molar-refractivity contribution < 1.29 is 13.2 Å². The molecule has 0 saturated heterocycles. The number of rotatable bonds is 9. The number of anilines is 1. The number of carbonyl (C=O) groups excluding carboxylic acids is 1. The largest absolute Gasteiger partial charge is 0.308 e. The van der Waals surface area contributed by atoms with E-state index in [1.54, 1.807) is 12.1 Å². The molecule has 2 aromatic rings. The molecule has 0 atom stereocenters. The summed E-state index contributed by atoms with van der Waals surface area (Å²) in [5, 5.41) is 0. The van der Waals surface area contributed by atoms with Gasteiger partial charge >= 0.3 is 0 Å². The number of amides is 1. The van der Waals surface area contributed by atoms with Crippen molar-refractivity contribution in [1.29, 1.82) is 0 Å². The first-order chi connectivity index (χ1) is 12.4. The fourth-order valence-electron chi connectivity index (χ4n) is 2.62. The van der Waals surface area contributed by atoms with E-state index in [2.05, 4.69) is 11.6 Å². The lowest BCUT2D eigenvalue weighted by atomic mass is 10.1. The highest BCUT2D eigenvalue weighted by Crippen LogP contribution is 2.18. The van der Waals surface area contributed by atoms with Gasteiger partial charge in [-0.3, -0.25) is 4.79 Å². The first-order valence-corrected chi connectivity index (χ1v) is 10.7. The summed E-state index contributed by atoms with van der Waals surface area (Å²) in [7, 11) is -3.18. The maximum absolute atomic E-state index is 12.9. The van der Waals surface area contributed by atoms with Crippen LogP contribution in [0, 0.1) is 0 Å². The Balaban J connectivity index is 2.08. The summed E-state index contributed by atoms with van der Waals surface area (Å²) in [6, 6.07) is 17.0. The van der Waals surface area contributed by atoms with Crippen molar-refractivity contribution in [3.63, 3.8) is 0 Å². The molecule has 2 aromatic carbocycles. The van der Waals surface area contributed by atoms with Crippen molar-refractivity contribution in [1.82, 2.24) is 4.72 Å². The summed E-state index contributed by atoms with van der Waals surface area (Å²) in [4.78, 5) is 14.8. The van der Waals surface area contributed by atoms with Crippen molar-refractivity contribution >= 4 is 21.6 Å². The molecule has 6 heteroatoms. The molecule has 0 saturated carbocycles. The molecule has 1 N–H and O–H groups in total. The Kier molecular flexibility index (Phi) is 7.36. The topological polar surface area (TPSA) is 66.5 Å². The average molecular weight is 375 g/mol. The lowest BCUT2D eigenvalue weighted by Gasteiger charge is -2.23. The fourth-order valence-corrected chi connectivity index (χ4v) is 3.10. The molecular formula is C20H26N2O3S. The highest BCUT2D eigenvalue weighted by molar-refractivity contribution is 7.88. The minimum absolute atomic E-state index is 0.0227. The number of para-hydroxylation sites is 1. The van der Waals surface area contributed by atoms with E-state index in [4.69, 9.17) is 0 Å². The highest BCUT2D eigenvalue weighted by atomic mass is 32.2. The Hall–Kier alpha value is -2.18. The van der Waals surface area contributed by atoms with E-state index in [1.165, 1.54) is 0 Å². The molecule has 2 rings (SSSR count). The van der Waals surface area contributed by atoms with E-state index >= 15 is 0 Å². The highest BCUT2D eigenvalue weighted by Gasteiger charge is 2.17. The van der Waals surface area contributed by atoms with Crippen LogP contribution in [-0.2, 0) is 16.4 Å². The van der Waals surface area contributed by atoms with Gasteiger partial charge in [0, 0.05) is 24.3 Å². The van der Waals surface area contributed by atoms with Crippen LogP contribution in [0.1, 0.15) is 35.7 Å². The van der Waals surface area contributed by atoms with Crippen LogP contribution in [0.15, 0.2) is 54.6 Å². The van der Waals surface area contributed by atoms with Gasteiger partial charge in [-0.05, 0) is 42.7 Å². The van der Waals surface area contributed by atoms with Gasteiger partial charge < -0.3 is 4.90 Å². The van der Waals surface area contributed by atoms with Crippen molar-refractivity contribution in [2.45, 2.75) is 26.2 Å². The SMILES string of the molecule is CCCCN(C(=O)c1ccc(CCNS(C)(=O)=O)cc1)c1ccccc1. The second kappa shape index (κ2) is 9.50. The minimum Gasteiger partial charge on any atom is -0.308 e. The van der Waals surface area contributed by atoms with E-state index in [1.807, 2.05) is 47.4 Å². The van der Waals surface area contributed by atoms with Crippen molar-refractivity contribution in [2.75, 3.05) is 24.2 Å². The predicted molar refractivity (Wildman–Crippen MR) is 106 cm³/mol. The number of unbranched alkanes of at least 4 members (excludes halogenated alkanes) is 1. The lowest BCUT2D eigenvalue weighted by Crippen LogP contribution is -2.31. The zero-order valence-electron chi connectivity index (χ0n) is 15.3. The smallest absolute Gasteiger partial charge is 0.258 e. The summed E-state index contributed by atoms with van der Waals surface area (Å²) in [5.74, 6) is -0.0227. The molecule has 0 aliphatic carbocycles. The zero-order valence-corrected chi connectivity index (χ0v) is 16.1. The van der Waals surface area contributed by atoms with Crippen LogP contribution in [0.4, 0.5) is 5.69 Å². The number of sulfonamides is 1. The quantitative estimate of drug-likeness (QED) is 0.733. The molecule has 0 radical (unpaired) electrons. The maximum Gasteiger partial charge on any atom is 0.258 e. The molecule has 26 heavy (non-hydrogen) atoms. The molecule has 0 fully saturated rings. The third-order valence-electron chi connectivity index (χ3n) is 4.03. The van der Waals surface area contributed by atoms with Gasteiger partial charge in [-0.15, -0.1) is 0 Å². The summed E-state index contributed by atoms with van der Waals surface area (Å²) in [5.41, 5.74) is 2.51. The van der Waals surface area contributed by atoms with E-state index < -0.39 is 10.0 Å². The fraction of sp³-hybridized carbons (Fsp3) is 0.350. The number of nitrogens with one attached hydrogen (secondary N) is 1. The molecule has 0 heterocycles. The molecule has 0 spiro atoms. The third-order valence-corrected chi connectivity index (χ3v) is 4.76. The van der Waals surface area contributed by atoms with Gasteiger partial charge in [-0.2, -0.15) is 0 Å². The van der Waals surface area contributed by atoms with Gasteiger partial charge in [0.1, 0.15) is 0 Å². The van der Waals surface area contributed by atoms with Gasteiger partial charge in [0.05, 0.1) is 6.26 Å². The van der Waals surface area contributed by atoms with E-state index in [9.17, 15) is 13.2 Å². The first kappa shape index (κ1) is 20.1. The number of benzene rings is 2. The van der Waals surface area contributed by atoms with Gasteiger partial charge in [0.15, 0.2) is 0 Å². The Labute approximate surface area is 156 Å². The molecule has 140 valence electrons. The van der Waals surface area contributed by atoms with E-state index in [-0.39, 0.29) is 5.91 Å². The van der Waals surface area contributed by atoms with Gasteiger partial charge in [-0.1, -0.05) is 43.7 Å². The van der Waals surface area contributed by atoms with Gasteiger partial charge in [0.25, 0.3) is 5.91 Å². The molecule has 0 aliphatic rings. The molecule has 5 nitrogen and oxygen atoms in total. The normalized spacial score (nSPS) is 11.3. The Morgan fingerprint density at radius 1 is 1.04 bits per heavy atom. The Bertz CT molecular complexity index is 803. The standard InChI is InChI=1S/C20H26N2O3S/c1-3-4-16-22(19-8-6-5-7-9-19)20(23)18-12-10-17(11-13-18)14-15-21-26(2,24)25/h5-13,21H,3-4,14-16H2,1-2H3. The van der Waals surface area contributed by atoms with Crippen LogP contribution < -0.4 is 9.62 Å². The lowest BCUT2D eigenvalue weighted by molar-refractivity contribution is 0.0986. The van der Waals surface area contributed by atoms with Crippen LogP contribution in [-0.4, -0.2) is 33.7 Å². The predicted octanol–water partition coefficient (Wildman–Crippen LogP) is 3.23. The number of hydrogen-bond acceptors (Lipinski definition) is 3. The minimum atomic E-state index is -3.18. The molecule has 0 bridgehead atoms. The molecule has 0 aliphatic heterocycles.